The highest BCUT2D eigenvalue weighted by Gasteiger charge is 2.23. The molecule has 1 amide bonds. The number of carbonyl (C=O) groups is 1. The second-order valence-corrected chi connectivity index (χ2v) is 6.23. The van der Waals surface area contributed by atoms with Gasteiger partial charge in [-0.2, -0.15) is 0 Å². The minimum absolute atomic E-state index is 0.203. The van der Waals surface area contributed by atoms with E-state index in [1.54, 1.807) is 13.8 Å². The van der Waals surface area contributed by atoms with Crippen molar-refractivity contribution in [3.05, 3.63) is 35.1 Å². The highest BCUT2D eigenvalue weighted by Crippen LogP contribution is 2.29. The number of nitrogens with one attached hydrogen (secondary N) is 1. The molecule has 0 aliphatic carbocycles. The van der Waals surface area contributed by atoms with E-state index in [1.807, 2.05) is 12.1 Å². The highest BCUT2D eigenvalue weighted by molar-refractivity contribution is 5.65. The lowest BCUT2D eigenvalue weighted by atomic mass is 9.88. The van der Waals surface area contributed by atoms with E-state index in [1.165, 1.54) is 6.07 Å². The van der Waals surface area contributed by atoms with Crippen LogP contribution in [0.15, 0.2) is 18.2 Å². The van der Waals surface area contributed by atoms with Crippen molar-refractivity contribution in [2.75, 3.05) is 13.2 Å². The van der Waals surface area contributed by atoms with Gasteiger partial charge < -0.3 is 15.2 Å². The summed E-state index contributed by atoms with van der Waals surface area (Å²) >= 11 is 0. The molecule has 0 atom stereocenters. The molecule has 5 heteroatoms. The number of carboxylic acid groups (broad SMARTS) is 1. The van der Waals surface area contributed by atoms with Gasteiger partial charge in [0.1, 0.15) is 5.82 Å². The molecule has 1 fully saturated rings. The van der Waals surface area contributed by atoms with Crippen LogP contribution in [0.25, 0.3) is 0 Å². The van der Waals surface area contributed by atoms with Crippen LogP contribution in [-0.2, 0) is 11.2 Å². The van der Waals surface area contributed by atoms with E-state index >= 15 is 0 Å². The minimum Gasteiger partial charge on any atom is -0.465 e. The fourth-order valence-corrected chi connectivity index (χ4v) is 2.86. The van der Waals surface area contributed by atoms with Crippen LogP contribution in [0.3, 0.4) is 0 Å². The molecule has 0 radical (unpaired) electrons. The zero-order valence-corrected chi connectivity index (χ0v) is 12.5. The van der Waals surface area contributed by atoms with E-state index in [4.69, 9.17) is 9.84 Å². The maximum atomic E-state index is 14.3. The van der Waals surface area contributed by atoms with Crippen LogP contribution in [0, 0.1) is 5.82 Å². The summed E-state index contributed by atoms with van der Waals surface area (Å²) in [6, 6.07) is 5.24. The van der Waals surface area contributed by atoms with Gasteiger partial charge in [-0.05, 0) is 56.2 Å². The zero-order chi connectivity index (χ0) is 15.5. The topological polar surface area (TPSA) is 58.6 Å². The predicted molar refractivity (Wildman–Crippen MR) is 78.1 cm³/mol. The molecule has 2 rings (SSSR count). The summed E-state index contributed by atoms with van der Waals surface area (Å²) in [5.74, 6) is 0.0171. The first-order valence-electron chi connectivity index (χ1n) is 7.24. The van der Waals surface area contributed by atoms with Gasteiger partial charge in [-0.25, -0.2) is 9.18 Å². The average Bonchev–Trinajstić information content (AvgIpc) is 2.37. The average molecular weight is 295 g/mol. The van der Waals surface area contributed by atoms with Crippen LogP contribution in [0.4, 0.5) is 9.18 Å². The number of rotatable bonds is 4. The number of hydrogen-bond donors (Lipinski definition) is 2. The minimum atomic E-state index is -1.07. The van der Waals surface area contributed by atoms with E-state index in [0.717, 1.165) is 24.0 Å². The molecule has 1 aliphatic rings. The maximum Gasteiger partial charge on any atom is 0.405 e. The van der Waals surface area contributed by atoms with Crippen LogP contribution < -0.4 is 5.32 Å². The molecule has 116 valence electrons. The first-order chi connectivity index (χ1) is 9.87. The lowest BCUT2D eigenvalue weighted by molar-refractivity contribution is 0.0846. The summed E-state index contributed by atoms with van der Waals surface area (Å²) in [4.78, 5) is 10.7. The Morgan fingerprint density at radius 1 is 1.43 bits per heavy atom. The SMILES string of the molecule is CC(C)(Cc1ccc(C2CCOCC2)c(F)c1)NC(=O)O. The Morgan fingerprint density at radius 3 is 2.67 bits per heavy atom. The quantitative estimate of drug-likeness (QED) is 0.896. The van der Waals surface area contributed by atoms with Crippen molar-refractivity contribution < 1.29 is 19.0 Å². The number of benzene rings is 1. The van der Waals surface area contributed by atoms with Crippen LogP contribution in [-0.4, -0.2) is 30.0 Å². The van der Waals surface area contributed by atoms with Crippen LogP contribution >= 0.6 is 0 Å². The maximum absolute atomic E-state index is 14.3. The van der Waals surface area contributed by atoms with Crippen molar-refractivity contribution in [1.29, 1.82) is 0 Å². The third-order valence-electron chi connectivity index (χ3n) is 3.82. The molecule has 1 aromatic carbocycles. The van der Waals surface area contributed by atoms with Crippen molar-refractivity contribution in [1.82, 2.24) is 5.32 Å². The molecule has 0 saturated carbocycles. The molecule has 0 spiro atoms. The molecule has 21 heavy (non-hydrogen) atoms. The molecule has 1 heterocycles. The number of hydrogen-bond acceptors (Lipinski definition) is 2. The zero-order valence-electron chi connectivity index (χ0n) is 12.5. The van der Waals surface area contributed by atoms with Gasteiger partial charge in [0.25, 0.3) is 0 Å². The Balaban J connectivity index is 2.09. The lowest BCUT2D eigenvalue weighted by Crippen LogP contribution is -2.44. The largest absolute Gasteiger partial charge is 0.465 e. The molecule has 0 aromatic heterocycles. The summed E-state index contributed by atoms with van der Waals surface area (Å²) in [5, 5.41) is 11.2. The molecular formula is C16H22FNO3. The summed E-state index contributed by atoms with van der Waals surface area (Å²) in [6.45, 7) is 4.93. The smallest absolute Gasteiger partial charge is 0.405 e. The van der Waals surface area contributed by atoms with Gasteiger partial charge in [-0.15, -0.1) is 0 Å². The second kappa shape index (κ2) is 6.43. The second-order valence-electron chi connectivity index (χ2n) is 6.23. The van der Waals surface area contributed by atoms with E-state index in [-0.39, 0.29) is 11.7 Å². The lowest BCUT2D eigenvalue weighted by Gasteiger charge is -2.26. The van der Waals surface area contributed by atoms with E-state index < -0.39 is 11.6 Å². The Morgan fingerprint density at radius 2 is 2.10 bits per heavy atom. The van der Waals surface area contributed by atoms with Gasteiger partial charge in [0, 0.05) is 18.8 Å². The summed E-state index contributed by atoms with van der Waals surface area (Å²) in [6.07, 6.45) is 1.08. The van der Waals surface area contributed by atoms with Crippen molar-refractivity contribution in [2.45, 2.75) is 44.6 Å². The van der Waals surface area contributed by atoms with Crippen molar-refractivity contribution in [2.24, 2.45) is 0 Å². The van der Waals surface area contributed by atoms with Crippen molar-refractivity contribution >= 4 is 6.09 Å². The molecule has 0 bridgehead atoms. The summed E-state index contributed by atoms with van der Waals surface area (Å²) in [7, 11) is 0. The third kappa shape index (κ3) is 4.43. The molecule has 1 aliphatic heterocycles. The van der Waals surface area contributed by atoms with E-state index in [9.17, 15) is 9.18 Å². The first kappa shape index (κ1) is 15.8. The predicted octanol–water partition coefficient (Wildman–Crippen LogP) is 3.31. The highest BCUT2D eigenvalue weighted by atomic mass is 19.1. The number of ether oxygens (including phenoxy) is 1. The van der Waals surface area contributed by atoms with Gasteiger partial charge in [0.05, 0.1) is 0 Å². The Bertz CT molecular complexity index is 510. The van der Waals surface area contributed by atoms with Gasteiger partial charge in [0.15, 0.2) is 0 Å². The van der Waals surface area contributed by atoms with Gasteiger partial charge in [-0.3, -0.25) is 0 Å². The Labute approximate surface area is 124 Å². The molecule has 1 aromatic rings. The number of amides is 1. The van der Waals surface area contributed by atoms with Gasteiger partial charge in [0.2, 0.25) is 0 Å². The van der Waals surface area contributed by atoms with Crippen molar-refractivity contribution in [3.8, 4) is 0 Å². The number of halogens is 1. The van der Waals surface area contributed by atoms with Crippen LogP contribution in [0.2, 0.25) is 0 Å². The molecular weight excluding hydrogens is 273 g/mol. The fourth-order valence-electron chi connectivity index (χ4n) is 2.86. The standard InChI is InChI=1S/C16H22FNO3/c1-16(2,18-15(19)20)10-11-3-4-13(14(17)9-11)12-5-7-21-8-6-12/h3-4,9,12,18H,5-8,10H2,1-2H3,(H,19,20). The van der Waals surface area contributed by atoms with Crippen LogP contribution in [0.5, 0.6) is 0 Å². The van der Waals surface area contributed by atoms with E-state index in [0.29, 0.717) is 19.6 Å². The third-order valence-corrected chi connectivity index (χ3v) is 3.82. The fraction of sp³-hybridized carbons (Fsp3) is 0.562. The van der Waals surface area contributed by atoms with Gasteiger partial charge >= 0.3 is 6.09 Å². The molecule has 2 N–H and O–H groups in total. The van der Waals surface area contributed by atoms with Crippen molar-refractivity contribution in [3.63, 3.8) is 0 Å². The first-order valence-corrected chi connectivity index (χ1v) is 7.24. The Kier molecular flexibility index (Phi) is 4.83. The van der Waals surface area contributed by atoms with Gasteiger partial charge in [-0.1, -0.05) is 12.1 Å². The van der Waals surface area contributed by atoms with E-state index in [2.05, 4.69) is 5.32 Å². The normalized spacial score (nSPS) is 16.7. The molecule has 0 unspecified atom stereocenters. The monoisotopic (exact) mass is 295 g/mol. The van der Waals surface area contributed by atoms with Crippen LogP contribution in [0.1, 0.15) is 43.7 Å². The Hall–Kier alpha value is -1.62. The molecule has 4 nitrogen and oxygen atoms in total. The summed E-state index contributed by atoms with van der Waals surface area (Å²) < 4.78 is 19.6. The molecule has 1 saturated heterocycles. The summed E-state index contributed by atoms with van der Waals surface area (Å²) in [5.41, 5.74) is 0.909.